The Balaban J connectivity index is 1.69. The van der Waals surface area contributed by atoms with Gasteiger partial charge >= 0.3 is 0 Å². The van der Waals surface area contributed by atoms with Gasteiger partial charge in [-0.25, -0.2) is 9.37 Å². The van der Waals surface area contributed by atoms with Gasteiger partial charge in [-0.3, -0.25) is 9.59 Å². The zero-order valence-electron chi connectivity index (χ0n) is 14.0. The molecule has 1 heterocycles. The first-order valence-electron chi connectivity index (χ1n) is 7.92. The number of amides is 1. The second kappa shape index (κ2) is 7.57. The molecule has 0 spiro atoms. The topological polar surface area (TPSA) is 71.1 Å². The number of carbonyl (C=O) groups is 2. The lowest BCUT2D eigenvalue weighted by atomic mass is 10.1. The smallest absolute Gasteiger partial charge is 0.274 e. The molecule has 0 radical (unpaired) electrons. The monoisotopic (exact) mass is 349 g/mol. The van der Waals surface area contributed by atoms with Crippen molar-refractivity contribution >= 4 is 28.8 Å². The van der Waals surface area contributed by atoms with Gasteiger partial charge in [0.15, 0.2) is 5.78 Å². The van der Waals surface area contributed by atoms with Crippen molar-refractivity contribution in [2.24, 2.45) is 0 Å². The standard InChI is InChI=1S/C20H16FN3O2/c1-13(25)14-4-2-6-16(10-14)24-20(26)19-9-8-18(12-22-19)23-17-7-3-5-15(21)11-17/h2-12,23H,1H3,(H,24,26). The molecule has 0 aliphatic carbocycles. The number of Topliss-reactive ketones (excluding diaryl/α,β-unsaturated/α-hetero) is 1. The molecule has 0 bridgehead atoms. The molecule has 0 unspecified atom stereocenters. The number of pyridine rings is 1. The number of benzene rings is 2. The van der Waals surface area contributed by atoms with Crippen molar-refractivity contribution in [3.63, 3.8) is 0 Å². The fraction of sp³-hybridized carbons (Fsp3) is 0.0500. The maximum atomic E-state index is 13.2. The van der Waals surface area contributed by atoms with E-state index in [1.165, 1.54) is 25.3 Å². The highest BCUT2D eigenvalue weighted by Crippen LogP contribution is 2.17. The quantitative estimate of drug-likeness (QED) is 0.669. The maximum absolute atomic E-state index is 13.2. The van der Waals surface area contributed by atoms with Gasteiger partial charge < -0.3 is 10.6 Å². The van der Waals surface area contributed by atoms with Crippen LogP contribution in [-0.2, 0) is 0 Å². The number of hydrogen-bond acceptors (Lipinski definition) is 4. The van der Waals surface area contributed by atoms with Crippen molar-refractivity contribution in [3.8, 4) is 0 Å². The van der Waals surface area contributed by atoms with Crippen molar-refractivity contribution < 1.29 is 14.0 Å². The van der Waals surface area contributed by atoms with Crippen molar-refractivity contribution in [2.75, 3.05) is 10.6 Å². The fourth-order valence-corrected chi connectivity index (χ4v) is 2.35. The van der Waals surface area contributed by atoms with Crippen molar-refractivity contribution in [1.82, 2.24) is 4.98 Å². The van der Waals surface area contributed by atoms with Gasteiger partial charge in [0.2, 0.25) is 0 Å². The summed E-state index contributed by atoms with van der Waals surface area (Å²) in [5.41, 5.74) is 2.48. The Morgan fingerprint density at radius 3 is 2.38 bits per heavy atom. The van der Waals surface area contributed by atoms with Gasteiger partial charge in [-0.1, -0.05) is 18.2 Å². The minimum atomic E-state index is -0.386. The Bertz CT molecular complexity index is 955. The summed E-state index contributed by atoms with van der Waals surface area (Å²) < 4.78 is 13.2. The molecule has 0 saturated heterocycles. The molecule has 3 rings (SSSR count). The van der Waals surface area contributed by atoms with Crippen LogP contribution in [0.3, 0.4) is 0 Å². The molecule has 0 aliphatic rings. The maximum Gasteiger partial charge on any atom is 0.274 e. The summed E-state index contributed by atoms with van der Waals surface area (Å²) in [6.45, 7) is 1.47. The number of ketones is 1. The zero-order valence-corrected chi connectivity index (χ0v) is 14.0. The molecule has 0 saturated carbocycles. The van der Waals surface area contributed by atoms with Crippen LogP contribution in [0.4, 0.5) is 21.5 Å². The number of nitrogens with one attached hydrogen (secondary N) is 2. The lowest BCUT2D eigenvalue weighted by molar-refractivity contribution is 0.100. The summed E-state index contributed by atoms with van der Waals surface area (Å²) >= 11 is 0. The summed E-state index contributed by atoms with van der Waals surface area (Å²) in [7, 11) is 0. The SMILES string of the molecule is CC(=O)c1cccc(NC(=O)c2ccc(Nc3cccc(F)c3)cn2)c1. The predicted octanol–water partition coefficient (Wildman–Crippen LogP) is 4.42. The number of anilines is 3. The van der Waals surface area contributed by atoms with Crippen molar-refractivity contribution in [3.05, 3.63) is 83.9 Å². The van der Waals surface area contributed by atoms with Crippen molar-refractivity contribution in [2.45, 2.75) is 6.92 Å². The minimum Gasteiger partial charge on any atom is -0.354 e. The highest BCUT2D eigenvalue weighted by molar-refractivity contribution is 6.04. The normalized spacial score (nSPS) is 10.2. The Hall–Kier alpha value is -3.54. The van der Waals surface area contributed by atoms with E-state index in [1.54, 1.807) is 48.5 Å². The van der Waals surface area contributed by atoms with E-state index >= 15 is 0 Å². The Labute approximate surface area is 149 Å². The molecule has 1 aromatic heterocycles. The Morgan fingerprint density at radius 1 is 0.923 bits per heavy atom. The molecule has 1 amide bonds. The van der Waals surface area contributed by atoms with Crippen LogP contribution in [0.25, 0.3) is 0 Å². The largest absolute Gasteiger partial charge is 0.354 e. The van der Waals surface area contributed by atoms with E-state index in [9.17, 15) is 14.0 Å². The summed E-state index contributed by atoms with van der Waals surface area (Å²) in [6.07, 6.45) is 1.49. The second-order valence-electron chi connectivity index (χ2n) is 5.66. The van der Waals surface area contributed by atoms with E-state index in [2.05, 4.69) is 15.6 Å². The molecule has 26 heavy (non-hydrogen) atoms. The fourth-order valence-electron chi connectivity index (χ4n) is 2.35. The number of aromatic nitrogens is 1. The van der Waals surface area contributed by atoms with Crippen LogP contribution in [0.5, 0.6) is 0 Å². The van der Waals surface area contributed by atoms with Crippen LogP contribution in [0.1, 0.15) is 27.8 Å². The zero-order chi connectivity index (χ0) is 18.5. The molecule has 2 aromatic carbocycles. The van der Waals surface area contributed by atoms with Crippen LogP contribution < -0.4 is 10.6 Å². The van der Waals surface area contributed by atoms with E-state index in [1.807, 2.05) is 0 Å². The van der Waals surface area contributed by atoms with Crippen LogP contribution >= 0.6 is 0 Å². The minimum absolute atomic E-state index is 0.0769. The Morgan fingerprint density at radius 2 is 1.69 bits per heavy atom. The molecule has 3 aromatic rings. The van der Waals surface area contributed by atoms with E-state index < -0.39 is 0 Å². The molecule has 0 atom stereocenters. The van der Waals surface area contributed by atoms with Gasteiger partial charge in [-0.2, -0.15) is 0 Å². The number of hydrogen-bond donors (Lipinski definition) is 2. The molecule has 5 nitrogen and oxygen atoms in total. The van der Waals surface area contributed by atoms with Gasteiger partial charge in [0.1, 0.15) is 11.5 Å². The first-order valence-corrected chi connectivity index (χ1v) is 7.92. The number of rotatable bonds is 5. The highest BCUT2D eigenvalue weighted by Gasteiger charge is 2.09. The van der Waals surface area contributed by atoms with Gasteiger partial charge in [0, 0.05) is 16.9 Å². The molecule has 2 N–H and O–H groups in total. The third-order valence-electron chi connectivity index (χ3n) is 3.64. The van der Waals surface area contributed by atoms with Gasteiger partial charge in [-0.05, 0) is 49.4 Å². The molecular weight excluding hydrogens is 333 g/mol. The Kier molecular flexibility index (Phi) is 5.03. The van der Waals surface area contributed by atoms with E-state index in [4.69, 9.17) is 0 Å². The van der Waals surface area contributed by atoms with Crippen LogP contribution in [0.2, 0.25) is 0 Å². The summed E-state index contributed by atoms with van der Waals surface area (Å²) in [6, 6.07) is 16.0. The predicted molar refractivity (Wildman–Crippen MR) is 98.3 cm³/mol. The summed E-state index contributed by atoms with van der Waals surface area (Å²) in [4.78, 5) is 27.8. The second-order valence-corrected chi connectivity index (χ2v) is 5.66. The third kappa shape index (κ3) is 4.30. The van der Waals surface area contributed by atoms with Crippen LogP contribution in [0, 0.1) is 5.82 Å². The average molecular weight is 349 g/mol. The van der Waals surface area contributed by atoms with Gasteiger partial charge in [0.05, 0.1) is 11.9 Å². The molecule has 0 fully saturated rings. The van der Waals surface area contributed by atoms with E-state index in [-0.39, 0.29) is 23.2 Å². The lowest BCUT2D eigenvalue weighted by Gasteiger charge is -2.08. The summed E-state index contributed by atoms with van der Waals surface area (Å²) in [5, 5.41) is 5.72. The van der Waals surface area contributed by atoms with Gasteiger partial charge in [0.25, 0.3) is 5.91 Å². The molecule has 130 valence electrons. The van der Waals surface area contributed by atoms with Gasteiger partial charge in [-0.15, -0.1) is 0 Å². The highest BCUT2D eigenvalue weighted by atomic mass is 19.1. The first kappa shape index (κ1) is 17.3. The summed E-state index contributed by atoms with van der Waals surface area (Å²) in [5.74, 6) is -0.804. The molecular formula is C20H16FN3O2. The van der Waals surface area contributed by atoms with Crippen LogP contribution in [0.15, 0.2) is 66.9 Å². The lowest BCUT2D eigenvalue weighted by Crippen LogP contribution is -2.14. The first-order chi connectivity index (χ1) is 12.5. The molecule has 0 aliphatic heterocycles. The number of nitrogens with zero attached hydrogens (tertiary/aromatic N) is 1. The van der Waals surface area contributed by atoms with E-state index in [0.717, 1.165) is 0 Å². The molecule has 6 heteroatoms. The number of halogens is 1. The van der Waals surface area contributed by atoms with Crippen molar-refractivity contribution in [1.29, 1.82) is 0 Å². The van der Waals surface area contributed by atoms with E-state index in [0.29, 0.717) is 22.6 Å². The third-order valence-corrected chi connectivity index (χ3v) is 3.64. The average Bonchev–Trinajstić information content (AvgIpc) is 2.62. The van der Waals surface area contributed by atoms with Crippen LogP contribution in [-0.4, -0.2) is 16.7 Å². The number of carbonyl (C=O) groups excluding carboxylic acids is 2.